The number of aliphatic hydroxyl groups excluding tert-OH is 1. The number of ether oxygens (including phenoxy) is 1. The van der Waals surface area contributed by atoms with Gasteiger partial charge in [-0.15, -0.1) is 0 Å². The second-order valence-electron chi connectivity index (χ2n) is 13.9. The van der Waals surface area contributed by atoms with Crippen molar-refractivity contribution in [3.63, 3.8) is 0 Å². The summed E-state index contributed by atoms with van der Waals surface area (Å²) in [5, 5.41) is 32.5. The fourth-order valence-electron chi connectivity index (χ4n) is 9.05. The Bertz CT molecular complexity index is 1220. The third-order valence-electron chi connectivity index (χ3n) is 11.5. The SMILES string of the molecule is CC(CC(=O)C[C@](C)(O)C1=C[C@@H](O)[C@]2(C)[C@]1(C)C(=O)C=C1[C@]23O[C@H]3C[C@H]2C(C)(C)C(=O)CC[C@]12C)C(=O)O. The van der Waals surface area contributed by atoms with Crippen molar-refractivity contribution >= 4 is 23.3 Å². The summed E-state index contributed by atoms with van der Waals surface area (Å²) < 4.78 is 6.54. The van der Waals surface area contributed by atoms with Crippen LogP contribution in [-0.2, 0) is 23.9 Å². The number of Topliss-reactive ketones (excluding diaryl/α,β-unsaturated/α-hetero) is 2. The minimum Gasteiger partial charge on any atom is -0.481 e. The highest BCUT2D eigenvalue weighted by Crippen LogP contribution is 2.78. The number of hydrogen-bond acceptors (Lipinski definition) is 7. The number of carbonyl (C=O) groups excluding carboxylic acids is 3. The van der Waals surface area contributed by atoms with Crippen molar-refractivity contribution in [2.45, 2.75) is 104 Å². The van der Waals surface area contributed by atoms with Crippen LogP contribution in [0.3, 0.4) is 0 Å². The highest BCUT2D eigenvalue weighted by Gasteiger charge is 2.85. The third kappa shape index (κ3) is 3.02. The summed E-state index contributed by atoms with van der Waals surface area (Å²) in [4.78, 5) is 51.1. The maximum atomic E-state index is 14.2. The quantitative estimate of drug-likeness (QED) is 0.353. The Morgan fingerprint density at radius 1 is 1.18 bits per heavy atom. The Balaban J connectivity index is 1.57. The molecule has 5 aliphatic rings. The van der Waals surface area contributed by atoms with Gasteiger partial charge >= 0.3 is 5.97 Å². The summed E-state index contributed by atoms with van der Waals surface area (Å²) in [5.41, 5.74) is -5.09. The topological polar surface area (TPSA) is 141 Å². The lowest BCUT2D eigenvalue weighted by atomic mass is 9.40. The number of ketones is 3. The molecule has 8 heteroatoms. The summed E-state index contributed by atoms with van der Waals surface area (Å²) in [6.07, 6.45) is 2.80. The van der Waals surface area contributed by atoms with Gasteiger partial charge in [-0.3, -0.25) is 19.2 Å². The van der Waals surface area contributed by atoms with Crippen LogP contribution in [0.4, 0.5) is 0 Å². The lowest BCUT2D eigenvalue weighted by Gasteiger charge is -2.60. The average Bonchev–Trinajstić information content (AvgIpc) is 3.48. The average molecular weight is 529 g/mol. The first-order valence-corrected chi connectivity index (χ1v) is 13.7. The van der Waals surface area contributed by atoms with Gasteiger partial charge in [0.15, 0.2) is 5.78 Å². The number of rotatable bonds is 6. The van der Waals surface area contributed by atoms with Crippen molar-refractivity contribution in [1.29, 1.82) is 0 Å². The molecule has 3 fully saturated rings. The van der Waals surface area contributed by atoms with Crippen LogP contribution in [0.5, 0.6) is 0 Å². The van der Waals surface area contributed by atoms with E-state index >= 15 is 0 Å². The van der Waals surface area contributed by atoms with E-state index in [9.17, 15) is 34.5 Å². The first-order valence-electron chi connectivity index (χ1n) is 13.7. The van der Waals surface area contributed by atoms with Gasteiger partial charge in [-0.25, -0.2) is 0 Å². The standard InChI is InChI=1S/C30H40O8/c1-15(24(35)36)10-16(31)14-27(5,37)19-12-22(34)29(7)28(19,6)21(33)11-18-26(4)9-8-20(32)25(2,3)17(26)13-23-30(18,29)38-23/h11-12,15,17,22-23,34,37H,8-10,13-14H2,1-7H3,(H,35,36)/t15?,17-,22+,23-,26-,27-,28-,29+,30+/m0/s1. The largest absolute Gasteiger partial charge is 0.481 e. The molecule has 1 unspecified atom stereocenters. The number of fused-ring (bicyclic) bond motifs is 3. The molecule has 0 aromatic carbocycles. The molecule has 9 atom stereocenters. The Morgan fingerprint density at radius 3 is 2.42 bits per heavy atom. The van der Waals surface area contributed by atoms with Crippen molar-refractivity contribution in [3.8, 4) is 0 Å². The molecular formula is C30H40O8. The molecule has 208 valence electrons. The van der Waals surface area contributed by atoms with Gasteiger partial charge in [0.05, 0.1) is 29.1 Å². The normalized spacial score (nSPS) is 44.9. The van der Waals surface area contributed by atoms with Crippen LogP contribution in [0.15, 0.2) is 23.3 Å². The van der Waals surface area contributed by atoms with E-state index in [1.54, 1.807) is 13.0 Å². The number of carboxylic acids is 1. The molecule has 5 rings (SSSR count). The van der Waals surface area contributed by atoms with Crippen molar-refractivity contribution in [3.05, 3.63) is 23.3 Å². The molecule has 0 radical (unpaired) electrons. The summed E-state index contributed by atoms with van der Waals surface area (Å²) in [7, 11) is 0. The van der Waals surface area contributed by atoms with Crippen LogP contribution < -0.4 is 0 Å². The molecule has 2 saturated carbocycles. The van der Waals surface area contributed by atoms with E-state index in [-0.39, 0.29) is 42.0 Å². The lowest BCUT2D eigenvalue weighted by Crippen LogP contribution is -2.66. The zero-order valence-corrected chi connectivity index (χ0v) is 23.4. The van der Waals surface area contributed by atoms with Crippen molar-refractivity contribution < 1.29 is 39.2 Å². The second kappa shape index (κ2) is 7.73. The van der Waals surface area contributed by atoms with Gasteiger partial charge in [0.25, 0.3) is 0 Å². The number of carbonyl (C=O) groups is 4. The third-order valence-corrected chi connectivity index (χ3v) is 11.5. The Labute approximate surface area is 223 Å². The summed E-state index contributed by atoms with van der Waals surface area (Å²) in [6.45, 7) is 12.5. The van der Waals surface area contributed by atoms with Gasteiger partial charge < -0.3 is 20.1 Å². The molecule has 3 N–H and O–H groups in total. The van der Waals surface area contributed by atoms with Crippen LogP contribution in [0.2, 0.25) is 0 Å². The number of hydrogen-bond donors (Lipinski definition) is 3. The predicted octanol–water partition coefficient (Wildman–Crippen LogP) is 3.18. The lowest BCUT2D eigenvalue weighted by molar-refractivity contribution is -0.147. The number of aliphatic hydroxyl groups is 2. The number of carboxylic acid groups (broad SMARTS) is 1. The highest BCUT2D eigenvalue weighted by atomic mass is 16.6. The minimum atomic E-state index is -1.77. The minimum absolute atomic E-state index is 0.00758. The number of epoxide rings is 1. The van der Waals surface area contributed by atoms with Gasteiger partial charge in [-0.2, -0.15) is 0 Å². The zero-order chi connectivity index (χ0) is 28.4. The van der Waals surface area contributed by atoms with Crippen LogP contribution in [0, 0.1) is 33.5 Å². The summed E-state index contributed by atoms with van der Waals surface area (Å²) in [5.74, 6) is -2.48. The van der Waals surface area contributed by atoms with Gasteiger partial charge in [-0.05, 0) is 55.2 Å². The number of allylic oxidation sites excluding steroid dienone is 1. The van der Waals surface area contributed by atoms with E-state index in [1.807, 2.05) is 20.8 Å². The van der Waals surface area contributed by atoms with Crippen molar-refractivity contribution in [2.24, 2.45) is 33.5 Å². The number of aliphatic carboxylic acids is 1. The van der Waals surface area contributed by atoms with E-state index in [2.05, 4.69) is 6.92 Å². The van der Waals surface area contributed by atoms with Crippen molar-refractivity contribution in [1.82, 2.24) is 0 Å². The van der Waals surface area contributed by atoms with E-state index in [4.69, 9.17) is 4.74 Å². The Morgan fingerprint density at radius 2 is 1.82 bits per heavy atom. The molecule has 8 nitrogen and oxygen atoms in total. The summed E-state index contributed by atoms with van der Waals surface area (Å²) >= 11 is 0. The van der Waals surface area contributed by atoms with E-state index in [1.165, 1.54) is 19.9 Å². The van der Waals surface area contributed by atoms with E-state index < -0.39 is 56.6 Å². The zero-order valence-electron chi connectivity index (χ0n) is 23.4. The van der Waals surface area contributed by atoms with E-state index in [0.29, 0.717) is 19.3 Å². The van der Waals surface area contributed by atoms with Gasteiger partial charge in [0.2, 0.25) is 0 Å². The smallest absolute Gasteiger partial charge is 0.306 e. The van der Waals surface area contributed by atoms with Crippen LogP contribution in [0.25, 0.3) is 0 Å². The van der Waals surface area contributed by atoms with Gasteiger partial charge in [0.1, 0.15) is 17.2 Å². The molecule has 1 heterocycles. The molecular weight excluding hydrogens is 488 g/mol. The maximum Gasteiger partial charge on any atom is 0.306 e. The van der Waals surface area contributed by atoms with Crippen LogP contribution in [0.1, 0.15) is 80.6 Å². The molecule has 0 amide bonds. The maximum absolute atomic E-state index is 14.2. The Hall–Kier alpha value is -2.16. The first kappa shape index (κ1) is 27.4. The summed E-state index contributed by atoms with van der Waals surface area (Å²) in [6, 6.07) is 0. The van der Waals surface area contributed by atoms with Crippen molar-refractivity contribution in [2.75, 3.05) is 0 Å². The molecule has 0 bridgehead atoms. The monoisotopic (exact) mass is 528 g/mol. The fraction of sp³-hybridized carbons (Fsp3) is 0.733. The second-order valence-corrected chi connectivity index (χ2v) is 13.9. The Kier molecular flexibility index (Phi) is 5.58. The molecule has 1 spiro atoms. The first-order chi connectivity index (χ1) is 17.3. The molecule has 38 heavy (non-hydrogen) atoms. The highest BCUT2D eigenvalue weighted by molar-refractivity contribution is 6.02. The predicted molar refractivity (Wildman–Crippen MR) is 137 cm³/mol. The van der Waals surface area contributed by atoms with Gasteiger partial charge in [0, 0.05) is 30.1 Å². The molecule has 0 aromatic rings. The molecule has 1 aliphatic heterocycles. The molecule has 4 aliphatic carbocycles. The van der Waals surface area contributed by atoms with Crippen LogP contribution in [-0.4, -0.2) is 62.0 Å². The van der Waals surface area contributed by atoms with Gasteiger partial charge in [-0.1, -0.05) is 40.7 Å². The van der Waals surface area contributed by atoms with Crippen LogP contribution >= 0.6 is 0 Å². The molecule has 1 saturated heterocycles. The molecule has 0 aromatic heterocycles. The van der Waals surface area contributed by atoms with E-state index in [0.717, 1.165) is 5.57 Å². The fourth-order valence-corrected chi connectivity index (χ4v) is 9.05.